The number of methoxy groups -OCH3 is 3. The van der Waals surface area contributed by atoms with Gasteiger partial charge in [0.2, 0.25) is 5.91 Å². The number of ether oxygens (including phenoxy) is 3. The third kappa shape index (κ3) is 3.65. The van der Waals surface area contributed by atoms with Crippen LogP contribution >= 0.6 is 0 Å². The van der Waals surface area contributed by atoms with Gasteiger partial charge in [-0.3, -0.25) is 9.59 Å². The maximum absolute atomic E-state index is 13.2. The van der Waals surface area contributed by atoms with Gasteiger partial charge < -0.3 is 19.5 Å². The number of amides is 1. The Morgan fingerprint density at radius 2 is 1.63 bits per heavy atom. The molecule has 2 aromatic rings. The van der Waals surface area contributed by atoms with Gasteiger partial charge in [0.15, 0.2) is 17.3 Å². The molecular weight excluding hydrogens is 382 g/mol. The van der Waals surface area contributed by atoms with Crippen molar-refractivity contribution in [1.82, 2.24) is 5.32 Å². The first-order valence-electron chi connectivity index (χ1n) is 9.96. The van der Waals surface area contributed by atoms with Crippen molar-refractivity contribution in [2.75, 3.05) is 21.3 Å². The van der Waals surface area contributed by atoms with Crippen LogP contribution in [0.4, 0.5) is 0 Å². The average molecular weight is 407 g/mol. The lowest BCUT2D eigenvalue weighted by molar-refractivity contribution is -0.122. The van der Waals surface area contributed by atoms with Crippen molar-refractivity contribution in [3.63, 3.8) is 0 Å². The van der Waals surface area contributed by atoms with E-state index in [0.717, 1.165) is 22.4 Å². The van der Waals surface area contributed by atoms with Crippen LogP contribution in [-0.4, -0.2) is 33.0 Å². The zero-order valence-corrected chi connectivity index (χ0v) is 17.4. The number of allylic oxidation sites excluding steroid dienone is 2. The number of hydrogen-bond donors (Lipinski definition) is 1. The monoisotopic (exact) mass is 407 g/mol. The second-order valence-electron chi connectivity index (χ2n) is 7.62. The van der Waals surface area contributed by atoms with Crippen LogP contribution in [0.15, 0.2) is 53.7 Å². The molecule has 1 aliphatic carbocycles. The van der Waals surface area contributed by atoms with E-state index in [0.29, 0.717) is 30.1 Å². The minimum atomic E-state index is -0.247. The number of ketones is 1. The first kappa shape index (κ1) is 20.0. The van der Waals surface area contributed by atoms with Crippen LogP contribution in [0.1, 0.15) is 42.2 Å². The molecule has 0 aromatic heterocycles. The fourth-order valence-electron chi connectivity index (χ4n) is 4.45. The van der Waals surface area contributed by atoms with E-state index in [1.807, 2.05) is 42.5 Å². The molecule has 2 unspecified atom stereocenters. The summed E-state index contributed by atoms with van der Waals surface area (Å²) < 4.78 is 16.1. The van der Waals surface area contributed by atoms with Gasteiger partial charge in [-0.15, -0.1) is 0 Å². The third-order valence-electron chi connectivity index (χ3n) is 5.91. The highest BCUT2D eigenvalue weighted by Gasteiger charge is 2.38. The van der Waals surface area contributed by atoms with Gasteiger partial charge >= 0.3 is 0 Å². The van der Waals surface area contributed by atoms with Gasteiger partial charge in [0.25, 0.3) is 0 Å². The number of benzene rings is 2. The van der Waals surface area contributed by atoms with E-state index in [1.54, 1.807) is 21.3 Å². The topological polar surface area (TPSA) is 73.9 Å². The molecule has 4 rings (SSSR count). The lowest BCUT2D eigenvalue weighted by Crippen LogP contribution is -2.38. The molecule has 156 valence electrons. The molecule has 0 spiro atoms. The Hall–Kier alpha value is -3.28. The molecule has 0 saturated heterocycles. The standard InChI is InChI=1S/C24H25NO5/c1-28-17-6-4-5-15(9-17)18-13-23(27)25-19-10-16(11-20(26)24(18)19)14-7-8-21(29-2)22(12-14)30-3/h4-9,12,16,18H,10-11,13H2,1-3H3,(H,25,27). The van der Waals surface area contributed by atoms with Crippen LogP contribution in [-0.2, 0) is 9.59 Å². The molecule has 0 radical (unpaired) electrons. The summed E-state index contributed by atoms with van der Waals surface area (Å²) >= 11 is 0. The van der Waals surface area contributed by atoms with E-state index >= 15 is 0 Å². The summed E-state index contributed by atoms with van der Waals surface area (Å²) in [6.45, 7) is 0. The molecular formula is C24H25NO5. The molecule has 1 aliphatic heterocycles. The number of carbonyl (C=O) groups is 2. The summed E-state index contributed by atoms with van der Waals surface area (Å²) in [7, 11) is 4.79. The van der Waals surface area contributed by atoms with E-state index in [2.05, 4.69) is 5.32 Å². The van der Waals surface area contributed by atoms with E-state index in [-0.39, 0.29) is 29.9 Å². The second kappa shape index (κ2) is 8.22. The van der Waals surface area contributed by atoms with Gasteiger partial charge in [-0.05, 0) is 47.7 Å². The Morgan fingerprint density at radius 3 is 2.37 bits per heavy atom. The molecule has 0 bridgehead atoms. The van der Waals surface area contributed by atoms with Crippen molar-refractivity contribution in [3.8, 4) is 17.2 Å². The van der Waals surface area contributed by atoms with E-state index < -0.39 is 0 Å². The van der Waals surface area contributed by atoms with Gasteiger partial charge in [-0.1, -0.05) is 18.2 Å². The van der Waals surface area contributed by atoms with Crippen LogP contribution < -0.4 is 19.5 Å². The first-order chi connectivity index (χ1) is 14.5. The minimum Gasteiger partial charge on any atom is -0.497 e. The Bertz CT molecular complexity index is 1030. The SMILES string of the molecule is COc1cccc(C2CC(=O)NC3=C2C(=O)CC(c2ccc(OC)c(OC)c2)C3)c1. The molecule has 0 saturated carbocycles. The molecule has 6 nitrogen and oxygen atoms in total. The highest BCUT2D eigenvalue weighted by molar-refractivity contribution is 6.02. The lowest BCUT2D eigenvalue weighted by Gasteiger charge is -2.34. The molecule has 1 heterocycles. The summed E-state index contributed by atoms with van der Waals surface area (Å²) in [6, 6.07) is 13.3. The predicted octanol–water partition coefficient (Wildman–Crippen LogP) is 3.72. The van der Waals surface area contributed by atoms with Crippen molar-refractivity contribution in [3.05, 3.63) is 64.9 Å². The zero-order chi connectivity index (χ0) is 21.3. The quantitative estimate of drug-likeness (QED) is 0.818. The smallest absolute Gasteiger partial charge is 0.225 e. The molecule has 2 aliphatic rings. The Labute approximate surface area is 175 Å². The minimum absolute atomic E-state index is 0.0274. The average Bonchev–Trinajstić information content (AvgIpc) is 2.77. The van der Waals surface area contributed by atoms with Gasteiger partial charge in [0, 0.05) is 30.0 Å². The summed E-state index contributed by atoms with van der Waals surface area (Å²) in [5, 5.41) is 2.96. The third-order valence-corrected chi connectivity index (χ3v) is 5.91. The Morgan fingerprint density at radius 1 is 0.833 bits per heavy atom. The van der Waals surface area contributed by atoms with Gasteiger partial charge in [-0.2, -0.15) is 0 Å². The van der Waals surface area contributed by atoms with Crippen molar-refractivity contribution in [2.24, 2.45) is 0 Å². The molecule has 1 N–H and O–H groups in total. The highest BCUT2D eigenvalue weighted by Crippen LogP contribution is 2.44. The summed E-state index contributed by atoms with van der Waals surface area (Å²) in [5.41, 5.74) is 3.37. The molecule has 2 atom stereocenters. The van der Waals surface area contributed by atoms with Gasteiger partial charge in [-0.25, -0.2) is 0 Å². The Kier molecular flexibility index (Phi) is 5.48. The first-order valence-corrected chi connectivity index (χ1v) is 9.96. The van der Waals surface area contributed by atoms with E-state index in [9.17, 15) is 9.59 Å². The van der Waals surface area contributed by atoms with Crippen molar-refractivity contribution < 1.29 is 23.8 Å². The van der Waals surface area contributed by atoms with Crippen molar-refractivity contribution >= 4 is 11.7 Å². The maximum Gasteiger partial charge on any atom is 0.225 e. The molecule has 6 heteroatoms. The summed E-state index contributed by atoms with van der Waals surface area (Å²) in [5.74, 6) is 1.72. The highest BCUT2D eigenvalue weighted by atomic mass is 16.5. The normalized spacial score (nSPS) is 21.0. The van der Waals surface area contributed by atoms with Crippen LogP contribution in [0.25, 0.3) is 0 Å². The van der Waals surface area contributed by atoms with Crippen molar-refractivity contribution in [2.45, 2.75) is 31.1 Å². The fraction of sp³-hybridized carbons (Fsp3) is 0.333. The van der Waals surface area contributed by atoms with Gasteiger partial charge in [0.05, 0.1) is 21.3 Å². The van der Waals surface area contributed by atoms with Gasteiger partial charge in [0.1, 0.15) is 5.75 Å². The summed E-state index contributed by atoms with van der Waals surface area (Å²) in [6.07, 6.45) is 1.26. The number of nitrogens with one attached hydrogen (secondary N) is 1. The number of carbonyl (C=O) groups excluding carboxylic acids is 2. The van der Waals surface area contributed by atoms with E-state index in [1.165, 1.54) is 0 Å². The number of rotatable bonds is 5. The lowest BCUT2D eigenvalue weighted by atomic mass is 9.73. The van der Waals surface area contributed by atoms with Crippen LogP contribution in [0, 0.1) is 0 Å². The largest absolute Gasteiger partial charge is 0.497 e. The molecule has 2 aromatic carbocycles. The van der Waals surface area contributed by atoms with E-state index in [4.69, 9.17) is 14.2 Å². The Balaban J connectivity index is 1.69. The molecule has 0 fully saturated rings. The second-order valence-corrected chi connectivity index (χ2v) is 7.62. The zero-order valence-electron chi connectivity index (χ0n) is 17.4. The van der Waals surface area contributed by atoms with Crippen LogP contribution in [0.5, 0.6) is 17.2 Å². The number of hydrogen-bond acceptors (Lipinski definition) is 5. The maximum atomic E-state index is 13.2. The molecule has 30 heavy (non-hydrogen) atoms. The van der Waals surface area contributed by atoms with Crippen LogP contribution in [0.3, 0.4) is 0 Å². The summed E-state index contributed by atoms with van der Waals surface area (Å²) in [4.78, 5) is 25.7. The predicted molar refractivity (Wildman–Crippen MR) is 112 cm³/mol. The fourth-order valence-corrected chi connectivity index (χ4v) is 4.45. The van der Waals surface area contributed by atoms with Crippen molar-refractivity contribution in [1.29, 1.82) is 0 Å². The van der Waals surface area contributed by atoms with Crippen LogP contribution in [0.2, 0.25) is 0 Å². The molecule has 1 amide bonds. The number of Topliss-reactive ketones (excluding diaryl/α,β-unsaturated/α-hetero) is 1.